The van der Waals surface area contributed by atoms with Gasteiger partial charge in [0.2, 0.25) is 5.88 Å². The van der Waals surface area contributed by atoms with Gasteiger partial charge >= 0.3 is 0 Å². The quantitative estimate of drug-likeness (QED) is 0.899. The minimum atomic E-state index is 0.583. The molecule has 0 aliphatic rings. The number of hydrogen-bond acceptors (Lipinski definition) is 4. The summed E-state index contributed by atoms with van der Waals surface area (Å²) in [7, 11) is 1.83. The van der Waals surface area contributed by atoms with Gasteiger partial charge in [-0.05, 0) is 44.0 Å². The first-order chi connectivity index (χ1) is 8.60. The molecule has 1 aromatic carbocycles. The number of rotatable bonds is 3. The molecule has 0 saturated carbocycles. The van der Waals surface area contributed by atoms with Crippen molar-refractivity contribution in [1.29, 1.82) is 0 Å². The lowest BCUT2D eigenvalue weighted by Crippen LogP contribution is -2.00. The molecule has 94 valence electrons. The minimum Gasteiger partial charge on any atom is -0.439 e. The molecule has 0 aliphatic heterocycles. The summed E-state index contributed by atoms with van der Waals surface area (Å²) in [5.41, 5.74) is 3.25. The zero-order valence-corrected chi connectivity index (χ0v) is 11.1. The van der Waals surface area contributed by atoms with Crippen molar-refractivity contribution in [3.05, 3.63) is 41.2 Å². The normalized spacial score (nSPS) is 10.2. The molecule has 18 heavy (non-hydrogen) atoms. The van der Waals surface area contributed by atoms with E-state index in [9.17, 15) is 0 Å². The van der Waals surface area contributed by atoms with Crippen molar-refractivity contribution in [3.8, 4) is 11.6 Å². The Kier molecular flexibility index (Phi) is 3.46. The molecule has 0 radical (unpaired) electrons. The summed E-state index contributed by atoms with van der Waals surface area (Å²) in [5, 5.41) is 3.01. The third-order valence-electron chi connectivity index (χ3n) is 2.68. The Labute approximate surface area is 107 Å². The molecule has 2 aromatic rings. The molecule has 1 aromatic heterocycles. The van der Waals surface area contributed by atoms with Crippen LogP contribution in [-0.4, -0.2) is 17.0 Å². The SMILES string of the molecule is CNc1ncnc(Oc2cc(C)cc(C)c2)c1C. The number of ether oxygens (including phenoxy) is 1. The van der Waals surface area contributed by atoms with Gasteiger partial charge in [-0.25, -0.2) is 9.97 Å². The third-order valence-corrected chi connectivity index (χ3v) is 2.68. The second-order valence-electron chi connectivity index (χ2n) is 4.33. The molecule has 0 spiro atoms. The van der Waals surface area contributed by atoms with Crippen molar-refractivity contribution in [2.75, 3.05) is 12.4 Å². The largest absolute Gasteiger partial charge is 0.439 e. The van der Waals surface area contributed by atoms with E-state index in [1.807, 2.05) is 40.0 Å². The molecule has 0 aliphatic carbocycles. The molecule has 4 heteroatoms. The van der Waals surface area contributed by atoms with Crippen LogP contribution in [0.15, 0.2) is 24.5 Å². The first-order valence-corrected chi connectivity index (χ1v) is 5.85. The van der Waals surface area contributed by atoms with Gasteiger partial charge in [0.05, 0.1) is 5.56 Å². The summed E-state index contributed by atoms with van der Waals surface area (Å²) in [6, 6.07) is 6.10. The van der Waals surface area contributed by atoms with Gasteiger partial charge in [0.25, 0.3) is 0 Å². The Hall–Kier alpha value is -2.10. The summed E-state index contributed by atoms with van der Waals surface area (Å²) in [5.74, 6) is 2.17. The summed E-state index contributed by atoms with van der Waals surface area (Å²) < 4.78 is 5.82. The highest BCUT2D eigenvalue weighted by Crippen LogP contribution is 2.27. The zero-order chi connectivity index (χ0) is 13.1. The number of nitrogens with one attached hydrogen (secondary N) is 1. The molecule has 2 rings (SSSR count). The Morgan fingerprint density at radius 3 is 2.28 bits per heavy atom. The summed E-state index contributed by atoms with van der Waals surface area (Å²) in [6.07, 6.45) is 1.50. The zero-order valence-electron chi connectivity index (χ0n) is 11.1. The fourth-order valence-electron chi connectivity index (χ4n) is 1.89. The molecule has 0 atom stereocenters. The van der Waals surface area contributed by atoms with E-state index in [1.54, 1.807) is 0 Å². The monoisotopic (exact) mass is 243 g/mol. The number of hydrogen-bond donors (Lipinski definition) is 1. The number of aryl methyl sites for hydroxylation is 2. The van der Waals surface area contributed by atoms with Crippen molar-refractivity contribution in [1.82, 2.24) is 9.97 Å². The van der Waals surface area contributed by atoms with Crippen LogP contribution >= 0.6 is 0 Å². The standard InChI is InChI=1S/C14H17N3O/c1-9-5-10(2)7-12(6-9)18-14-11(3)13(15-4)16-8-17-14/h5-8H,1-4H3,(H,15,16,17). The molecule has 1 N–H and O–H groups in total. The van der Waals surface area contributed by atoms with Crippen LogP contribution in [-0.2, 0) is 0 Å². The van der Waals surface area contributed by atoms with Gasteiger partial charge in [-0.1, -0.05) is 6.07 Å². The van der Waals surface area contributed by atoms with Gasteiger partial charge in [-0.2, -0.15) is 0 Å². The molecule has 0 bridgehead atoms. The van der Waals surface area contributed by atoms with E-state index in [0.29, 0.717) is 5.88 Å². The predicted octanol–water partition coefficient (Wildman–Crippen LogP) is 3.24. The lowest BCUT2D eigenvalue weighted by molar-refractivity contribution is 0.457. The maximum atomic E-state index is 5.82. The lowest BCUT2D eigenvalue weighted by atomic mass is 10.1. The molecule has 0 fully saturated rings. The van der Waals surface area contributed by atoms with Crippen LogP contribution in [0.25, 0.3) is 0 Å². The fourth-order valence-corrected chi connectivity index (χ4v) is 1.89. The molecule has 0 amide bonds. The second kappa shape index (κ2) is 5.04. The lowest BCUT2D eigenvalue weighted by Gasteiger charge is -2.11. The second-order valence-corrected chi connectivity index (χ2v) is 4.33. The van der Waals surface area contributed by atoms with Gasteiger partial charge < -0.3 is 10.1 Å². The molecule has 0 unspecified atom stereocenters. The van der Waals surface area contributed by atoms with E-state index in [-0.39, 0.29) is 0 Å². The summed E-state index contributed by atoms with van der Waals surface area (Å²) >= 11 is 0. The van der Waals surface area contributed by atoms with Crippen LogP contribution in [0.3, 0.4) is 0 Å². The number of nitrogens with zero attached hydrogens (tertiary/aromatic N) is 2. The number of benzene rings is 1. The first-order valence-electron chi connectivity index (χ1n) is 5.85. The van der Waals surface area contributed by atoms with Crippen molar-refractivity contribution in [2.24, 2.45) is 0 Å². The fraction of sp³-hybridized carbons (Fsp3) is 0.286. The summed E-state index contributed by atoms with van der Waals surface area (Å²) in [4.78, 5) is 8.30. The van der Waals surface area contributed by atoms with Gasteiger partial charge in [-0.3, -0.25) is 0 Å². The molecular formula is C14H17N3O. The van der Waals surface area contributed by atoms with E-state index < -0.39 is 0 Å². The van der Waals surface area contributed by atoms with Crippen LogP contribution < -0.4 is 10.1 Å². The molecule has 1 heterocycles. The highest BCUT2D eigenvalue weighted by Gasteiger charge is 2.08. The van der Waals surface area contributed by atoms with Crippen LogP contribution in [0.1, 0.15) is 16.7 Å². The highest BCUT2D eigenvalue weighted by molar-refractivity contribution is 5.48. The Bertz CT molecular complexity index is 547. The highest BCUT2D eigenvalue weighted by atomic mass is 16.5. The molecular weight excluding hydrogens is 226 g/mol. The van der Waals surface area contributed by atoms with Crippen LogP contribution in [0.4, 0.5) is 5.82 Å². The topological polar surface area (TPSA) is 47.0 Å². The van der Waals surface area contributed by atoms with Crippen LogP contribution in [0.2, 0.25) is 0 Å². The predicted molar refractivity (Wildman–Crippen MR) is 72.3 cm³/mol. The third kappa shape index (κ3) is 2.59. The average Bonchev–Trinajstić information content (AvgIpc) is 2.30. The van der Waals surface area contributed by atoms with E-state index >= 15 is 0 Å². The van der Waals surface area contributed by atoms with Gasteiger partial charge in [0, 0.05) is 7.05 Å². The maximum Gasteiger partial charge on any atom is 0.227 e. The number of aromatic nitrogens is 2. The molecule has 0 saturated heterocycles. The van der Waals surface area contributed by atoms with Crippen LogP contribution in [0.5, 0.6) is 11.6 Å². The van der Waals surface area contributed by atoms with Crippen LogP contribution in [0, 0.1) is 20.8 Å². The Balaban J connectivity index is 2.34. The Morgan fingerprint density at radius 2 is 1.67 bits per heavy atom. The van der Waals surface area contributed by atoms with Gasteiger partial charge in [0.1, 0.15) is 17.9 Å². The van der Waals surface area contributed by atoms with E-state index in [1.165, 1.54) is 17.5 Å². The number of anilines is 1. The van der Waals surface area contributed by atoms with E-state index in [4.69, 9.17) is 4.74 Å². The maximum absolute atomic E-state index is 5.82. The van der Waals surface area contributed by atoms with E-state index in [0.717, 1.165) is 17.1 Å². The molecule has 4 nitrogen and oxygen atoms in total. The van der Waals surface area contributed by atoms with Gasteiger partial charge in [0.15, 0.2) is 0 Å². The van der Waals surface area contributed by atoms with Crippen molar-refractivity contribution in [3.63, 3.8) is 0 Å². The van der Waals surface area contributed by atoms with E-state index in [2.05, 4.69) is 21.4 Å². The van der Waals surface area contributed by atoms with Crippen molar-refractivity contribution >= 4 is 5.82 Å². The first kappa shape index (κ1) is 12.4. The average molecular weight is 243 g/mol. The Morgan fingerprint density at radius 1 is 1.00 bits per heavy atom. The van der Waals surface area contributed by atoms with Gasteiger partial charge in [-0.15, -0.1) is 0 Å². The van der Waals surface area contributed by atoms with Crippen molar-refractivity contribution in [2.45, 2.75) is 20.8 Å². The van der Waals surface area contributed by atoms with Crippen molar-refractivity contribution < 1.29 is 4.74 Å². The summed E-state index contributed by atoms with van der Waals surface area (Å²) in [6.45, 7) is 6.03. The smallest absolute Gasteiger partial charge is 0.227 e. The minimum absolute atomic E-state index is 0.583.